The van der Waals surface area contributed by atoms with E-state index in [0.29, 0.717) is 36.9 Å². The van der Waals surface area contributed by atoms with Crippen LogP contribution in [0.2, 0.25) is 0 Å². The van der Waals surface area contributed by atoms with Crippen molar-refractivity contribution in [2.75, 3.05) is 6.61 Å². The van der Waals surface area contributed by atoms with Crippen molar-refractivity contribution in [2.24, 2.45) is 0 Å². The summed E-state index contributed by atoms with van der Waals surface area (Å²) in [6, 6.07) is 25.4. The van der Waals surface area contributed by atoms with E-state index in [2.05, 4.69) is 0 Å². The normalized spacial score (nSPS) is 10.3. The molecule has 4 nitrogen and oxygen atoms in total. The minimum absolute atomic E-state index is 0.0747. The molecule has 0 bridgehead atoms. The fourth-order valence-corrected chi connectivity index (χ4v) is 2.60. The number of hydrogen-bond donors (Lipinski definition) is 1. The molecule has 3 aromatic carbocycles. The van der Waals surface area contributed by atoms with E-state index in [1.54, 1.807) is 6.07 Å². The summed E-state index contributed by atoms with van der Waals surface area (Å²) < 4.78 is 17.2. The first-order chi connectivity index (χ1) is 13.3. The fraction of sp³-hybridized carbons (Fsp3) is 0.174. The van der Waals surface area contributed by atoms with Crippen LogP contribution >= 0.6 is 0 Å². The summed E-state index contributed by atoms with van der Waals surface area (Å²) >= 11 is 0. The Bertz CT molecular complexity index is 863. The van der Waals surface area contributed by atoms with Crippen LogP contribution in [0, 0.1) is 5.41 Å². The van der Waals surface area contributed by atoms with Crippen LogP contribution < -0.4 is 9.47 Å². The average molecular weight is 361 g/mol. The monoisotopic (exact) mass is 361 g/mol. The van der Waals surface area contributed by atoms with E-state index in [0.717, 1.165) is 11.1 Å². The molecule has 138 valence electrons. The number of hydrogen-bond acceptors (Lipinski definition) is 4. The van der Waals surface area contributed by atoms with E-state index >= 15 is 0 Å². The molecule has 0 spiro atoms. The van der Waals surface area contributed by atoms with E-state index in [9.17, 15) is 0 Å². The van der Waals surface area contributed by atoms with Crippen LogP contribution in [-0.2, 0) is 18.0 Å². The number of nitrogens with one attached hydrogen (secondary N) is 1. The van der Waals surface area contributed by atoms with Crippen molar-refractivity contribution in [1.29, 1.82) is 5.41 Å². The second-order valence-corrected chi connectivity index (χ2v) is 5.97. The summed E-state index contributed by atoms with van der Waals surface area (Å²) in [5, 5.41) is 8.19. The van der Waals surface area contributed by atoms with Gasteiger partial charge in [-0.1, -0.05) is 60.7 Å². The molecule has 0 saturated heterocycles. The molecule has 0 fully saturated rings. The van der Waals surface area contributed by atoms with Crippen molar-refractivity contribution in [1.82, 2.24) is 0 Å². The predicted molar refractivity (Wildman–Crippen MR) is 106 cm³/mol. The van der Waals surface area contributed by atoms with Crippen molar-refractivity contribution in [3.05, 3.63) is 95.6 Å². The van der Waals surface area contributed by atoms with Crippen molar-refractivity contribution in [2.45, 2.75) is 20.1 Å². The first-order valence-electron chi connectivity index (χ1n) is 8.95. The largest absolute Gasteiger partial charge is 0.489 e. The Balaban J connectivity index is 1.75. The lowest BCUT2D eigenvalue weighted by Gasteiger charge is -2.15. The predicted octanol–water partition coefficient (Wildman–Crippen LogP) is 5.21. The molecular weight excluding hydrogens is 338 g/mol. The molecule has 0 heterocycles. The molecule has 0 aromatic heterocycles. The zero-order valence-electron chi connectivity index (χ0n) is 15.4. The quantitative estimate of drug-likeness (QED) is 0.443. The molecule has 0 radical (unpaired) electrons. The number of ether oxygens (including phenoxy) is 3. The first-order valence-corrected chi connectivity index (χ1v) is 8.95. The van der Waals surface area contributed by atoms with E-state index in [4.69, 9.17) is 19.6 Å². The van der Waals surface area contributed by atoms with Gasteiger partial charge in [0.15, 0.2) is 0 Å². The Kier molecular flexibility index (Phi) is 6.47. The van der Waals surface area contributed by atoms with E-state index < -0.39 is 0 Å². The molecule has 4 heteroatoms. The van der Waals surface area contributed by atoms with Gasteiger partial charge in [0.25, 0.3) is 0 Å². The van der Waals surface area contributed by atoms with E-state index in [-0.39, 0.29) is 5.90 Å². The Hall–Kier alpha value is -3.27. The third-order valence-electron chi connectivity index (χ3n) is 3.97. The highest BCUT2D eigenvalue weighted by Gasteiger charge is 2.13. The van der Waals surface area contributed by atoms with Gasteiger partial charge in [0.05, 0.1) is 12.2 Å². The topological polar surface area (TPSA) is 51.5 Å². The van der Waals surface area contributed by atoms with E-state index in [1.807, 2.05) is 79.7 Å². The average Bonchev–Trinajstić information content (AvgIpc) is 2.72. The molecule has 0 amide bonds. The maximum atomic E-state index is 8.19. The summed E-state index contributed by atoms with van der Waals surface area (Å²) in [4.78, 5) is 0. The standard InChI is InChI=1S/C23H23NO3/c1-2-25-23(24)21-15-20(26-16-18-9-5-3-6-10-18)13-14-22(21)27-17-19-11-7-4-8-12-19/h3-15,24H,2,16-17H2,1H3. The zero-order valence-corrected chi connectivity index (χ0v) is 15.4. The zero-order chi connectivity index (χ0) is 18.9. The Labute approximate surface area is 159 Å². The summed E-state index contributed by atoms with van der Waals surface area (Å²) in [7, 11) is 0. The summed E-state index contributed by atoms with van der Waals surface area (Å²) in [6.45, 7) is 3.17. The fourth-order valence-electron chi connectivity index (χ4n) is 2.60. The van der Waals surface area contributed by atoms with Gasteiger partial charge in [-0.2, -0.15) is 0 Å². The van der Waals surface area contributed by atoms with Gasteiger partial charge in [-0.25, -0.2) is 0 Å². The highest BCUT2D eigenvalue weighted by atomic mass is 16.5. The number of rotatable bonds is 8. The highest BCUT2D eigenvalue weighted by molar-refractivity contribution is 5.95. The summed E-state index contributed by atoms with van der Waals surface area (Å²) in [5.74, 6) is 1.35. The molecule has 27 heavy (non-hydrogen) atoms. The first kappa shape index (κ1) is 18.5. The van der Waals surface area contributed by atoms with Crippen LogP contribution in [0.25, 0.3) is 0 Å². The second-order valence-electron chi connectivity index (χ2n) is 5.97. The lowest BCUT2D eigenvalue weighted by atomic mass is 10.1. The van der Waals surface area contributed by atoms with E-state index in [1.165, 1.54) is 0 Å². The minimum Gasteiger partial charge on any atom is -0.489 e. The molecule has 0 aliphatic carbocycles. The molecule has 3 rings (SSSR count). The van der Waals surface area contributed by atoms with Crippen molar-refractivity contribution < 1.29 is 14.2 Å². The molecule has 0 unspecified atom stereocenters. The lowest BCUT2D eigenvalue weighted by Crippen LogP contribution is -2.09. The van der Waals surface area contributed by atoms with Gasteiger partial charge in [0, 0.05) is 0 Å². The van der Waals surface area contributed by atoms with Crippen LogP contribution in [-0.4, -0.2) is 12.5 Å². The van der Waals surface area contributed by atoms with Gasteiger partial charge in [0.1, 0.15) is 24.7 Å². The van der Waals surface area contributed by atoms with Gasteiger partial charge in [0.2, 0.25) is 5.90 Å². The van der Waals surface area contributed by atoms with Crippen LogP contribution in [0.4, 0.5) is 0 Å². The minimum atomic E-state index is 0.0747. The maximum Gasteiger partial charge on any atom is 0.217 e. The summed E-state index contributed by atoms with van der Waals surface area (Å²) in [5.41, 5.74) is 2.73. The van der Waals surface area contributed by atoms with Crippen molar-refractivity contribution in [3.63, 3.8) is 0 Å². The third-order valence-corrected chi connectivity index (χ3v) is 3.97. The highest BCUT2D eigenvalue weighted by Crippen LogP contribution is 2.26. The van der Waals surface area contributed by atoms with Crippen LogP contribution in [0.1, 0.15) is 23.6 Å². The maximum absolute atomic E-state index is 8.19. The summed E-state index contributed by atoms with van der Waals surface area (Å²) in [6.07, 6.45) is 0. The van der Waals surface area contributed by atoms with Crippen LogP contribution in [0.15, 0.2) is 78.9 Å². The van der Waals surface area contributed by atoms with Crippen LogP contribution in [0.3, 0.4) is 0 Å². The Morgan fingerprint density at radius 1 is 0.778 bits per heavy atom. The second kappa shape index (κ2) is 9.43. The Morgan fingerprint density at radius 3 is 1.96 bits per heavy atom. The van der Waals surface area contributed by atoms with Crippen LogP contribution in [0.5, 0.6) is 11.5 Å². The van der Waals surface area contributed by atoms with Gasteiger partial charge >= 0.3 is 0 Å². The van der Waals surface area contributed by atoms with Crippen molar-refractivity contribution >= 4 is 5.90 Å². The molecule has 1 N–H and O–H groups in total. The van der Waals surface area contributed by atoms with Gasteiger partial charge in [-0.05, 0) is 36.2 Å². The molecule has 0 atom stereocenters. The SMILES string of the molecule is CCOC(=N)c1cc(OCc2ccccc2)ccc1OCc1ccccc1. The van der Waals surface area contributed by atoms with Gasteiger partial charge < -0.3 is 14.2 Å². The molecule has 0 aliphatic heterocycles. The molecule has 0 aliphatic rings. The van der Waals surface area contributed by atoms with Crippen molar-refractivity contribution in [3.8, 4) is 11.5 Å². The lowest BCUT2D eigenvalue weighted by molar-refractivity contribution is 0.291. The number of benzene rings is 3. The van der Waals surface area contributed by atoms with Gasteiger partial charge in [-0.3, -0.25) is 5.41 Å². The molecular formula is C23H23NO3. The molecule has 3 aromatic rings. The van der Waals surface area contributed by atoms with Gasteiger partial charge in [-0.15, -0.1) is 0 Å². The molecule has 0 saturated carbocycles. The smallest absolute Gasteiger partial charge is 0.217 e. The Morgan fingerprint density at radius 2 is 1.37 bits per heavy atom. The third kappa shape index (κ3) is 5.35.